The second kappa shape index (κ2) is 15.6. The van der Waals surface area contributed by atoms with E-state index in [-0.39, 0.29) is 60.8 Å². The summed E-state index contributed by atoms with van der Waals surface area (Å²) in [5, 5.41) is 71.6. The van der Waals surface area contributed by atoms with Crippen LogP contribution in [0.3, 0.4) is 0 Å². The normalized spacial score (nSPS) is 8.50. The minimum atomic E-state index is -0.111. The maximum absolute atomic E-state index is 8.67. The molecule has 9 nitrogen and oxygen atoms in total. The van der Waals surface area contributed by atoms with Crippen LogP contribution in [0.2, 0.25) is 0 Å². The van der Waals surface area contributed by atoms with Gasteiger partial charge in [-0.15, -0.1) is 11.3 Å². The Labute approximate surface area is 190 Å². The molecule has 0 saturated carbocycles. The average molecular weight is 468 g/mol. The van der Waals surface area contributed by atoms with Gasteiger partial charge in [0.15, 0.2) is 46.0 Å². The van der Waals surface area contributed by atoms with Gasteiger partial charge in [-0.1, -0.05) is 39.1 Å². The first-order valence-corrected chi connectivity index (χ1v) is 9.09. The second-order valence-electron chi connectivity index (χ2n) is 5.35. The summed E-state index contributed by atoms with van der Waals surface area (Å²) in [4.78, 5) is 2.50. The van der Waals surface area contributed by atoms with Crippen molar-refractivity contribution in [2.45, 2.75) is 14.9 Å². The predicted molar refractivity (Wildman–Crippen MR) is 125 cm³/mol. The van der Waals surface area contributed by atoms with Crippen LogP contribution >= 0.6 is 11.3 Å². The smallest absolute Gasteiger partial charge is 0.175 e. The summed E-state index contributed by atoms with van der Waals surface area (Å²) in [6.45, 7) is 0. The van der Waals surface area contributed by atoms with E-state index in [1.165, 1.54) is 58.8 Å². The van der Waals surface area contributed by atoms with E-state index >= 15 is 0 Å². The molecule has 4 rings (SSSR count). The van der Waals surface area contributed by atoms with Gasteiger partial charge in [-0.05, 0) is 24.3 Å². The van der Waals surface area contributed by atoms with Crippen LogP contribution in [0.4, 0.5) is 0 Å². The minimum Gasteiger partial charge on any atom is -0.504 e. The van der Waals surface area contributed by atoms with Crippen molar-refractivity contribution in [3.8, 4) is 46.0 Å². The molecule has 4 aromatic rings. The Morgan fingerprint density at radius 1 is 0.438 bits per heavy atom. The predicted octanol–water partition coefficient (Wildman–Crippen LogP) is 5.05. The van der Waals surface area contributed by atoms with Gasteiger partial charge in [-0.25, -0.2) is 0 Å². The lowest BCUT2D eigenvalue weighted by Gasteiger charge is -1.91. The van der Waals surface area contributed by atoms with Crippen molar-refractivity contribution in [1.82, 2.24) is 4.98 Å². The van der Waals surface area contributed by atoms with Crippen molar-refractivity contribution in [3.63, 3.8) is 0 Å². The number of rotatable bonds is 0. The Bertz CT molecular complexity index is 860. The number of benzene rings is 2. The Morgan fingerprint density at radius 3 is 0.844 bits per heavy atom. The van der Waals surface area contributed by atoms with Gasteiger partial charge in [-0.2, -0.15) is 0 Å². The molecule has 0 unspecified atom stereocenters. The number of nitrogens with one attached hydrogen (secondary N) is 1. The second-order valence-corrected chi connectivity index (χ2v) is 6.09. The largest absolute Gasteiger partial charge is 0.504 e. The number of para-hydroxylation sites is 4. The zero-order chi connectivity index (χ0) is 22.5. The van der Waals surface area contributed by atoms with E-state index in [2.05, 4.69) is 4.98 Å². The van der Waals surface area contributed by atoms with Gasteiger partial charge >= 0.3 is 0 Å². The van der Waals surface area contributed by atoms with E-state index in [1.54, 1.807) is 24.3 Å². The number of aromatic amines is 1. The van der Waals surface area contributed by atoms with Crippen LogP contribution in [0.25, 0.3) is 0 Å². The van der Waals surface area contributed by atoms with Crippen molar-refractivity contribution in [1.29, 1.82) is 0 Å². The molecule has 0 bridgehead atoms. The highest BCUT2D eigenvalue weighted by atomic mass is 32.1. The van der Waals surface area contributed by atoms with Crippen LogP contribution in [0, 0.1) is 0 Å². The minimum absolute atomic E-state index is 0. The number of aromatic hydroxyl groups is 8. The quantitative estimate of drug-likeness (QED) is 0.161. The molecule has 2 aromatic heterocycles. The molecule has 0 aliphatic carbocycles. The molecule has 10 heteroatoms. The lowest BCUT2D eigenvalue weighted by molar-refractivity contribution is 0.404. The SMILES string of the molecule is C.C.Oc1c[nH]cc1O.Oc1ccccc1O.Oc1ccccc1O.Oc1cscc1O. The molecule has 0 aliphatic heterocycles. The summed E-state index contributed by atoms with van der Waals surface area (Å²) < 4.78 is 0. The summed E-state index contributed by atoms with van der Waals surface area (Å²) in [5.74, 6) is -0.602. The van der Waals surface area contributed by atoms with E-state index in [4.69, 9.17) is 40.9 Å². The first kappa shape index (κ1) is 30.0. The molecule has 0 radical (unpaired) electrons. The molecule has 0 aliphatic rings. The van der Waals surface area contributed by atoms with E-state index in [0.717, 1.165) is 0 Å². The molecule has 0 atom stereocenters. The number of phenolic OH excluding ortho intramolecular Hbond substituents is 4. The van der Waals surface area contributed by atoms with E-state index < -0.39 is 0 Å². The molecule has 0 fully saturated rings. The van der Waals surface area contributed by atoms with E-state index in [1.807, 2.05) is 0 Å². The Balaban J connectivity index is 0. The maximum atomic E-state index is 8.67. The molecule has 2 aromatic carbocycles. The first-order valence-electron chi connectivity index (χ1n) is 8.15. The molecule has 9 N–H and O–H groups in total. The summed E-state index contributed by atoms with van der Waals surface area (Å²) in [7, 11) is 0. The number of H-pyrrole nitrogens is 1. The number of thiophene rings is 1. The molecule has 176 valence electrons. The Kier molecular flexibility index (Phi) is 14.7. The maximum Gasteiger partial charge on any atom is 0.175 e. The number of hydrogen-bond donors (Lipinski definition) is 9. The van der Waals surface area contributed by atoms with Crippen molar-refractivity contribution >= 4 is 11.3 Å². The highest BCUT2D eigenvalue weighted by Crippen LogP contribution is 2.27. The molecule has 0 amide bonds. The molecule has 0 saturated heterocycles. The van der Waals surface area contributed by atoms with Crippen LogP contribution in [-0.2, 0) is 0 Å². The third kappa shape index (κ3) is 11.1. The van der Waals surface area contributed by atoms with Gasteiger partial charge in [0, 0.05) is 23.2 Å². The fourth-order valence-corrected chi connectivity index (χ4v) is 2.13. The van der Waals surface area contributed by atoms with Crippen LogP contribution in [-0.4, -0.2) is 45.8 Å². The summed E-state index contributed by atoms with van der Waals surface area (Å²) in [5.41, 5.74) is 0. The summed E-state index contributed by atoms with van der Waals surface area (Å²) >= 11 is 1.27. The fourth-order valence-electron chi connectivity index (χ4n) is 1.56. The van der Waals surface area contributed by atoms with Crippen LogP contribution in [0.1, 0.15) is 14.9 Å². The summed E-state index contributed by atoms with van der Waals surface area (Å²) in [6, 6.07) is 12.3. The lowest BCUT2D eigenvalue weighted by Crippen LogP contribution is -1.63. The lowest BCUT2D eigenvalue weighted by atomic mass is 10.3. The fraction of sp³-hybridized carbons (Fsp3) is 0.0909. The van der Waals surface area contributed by atoms with Gasteiger partial charge in [-0.3, -0.25) is 0 Å². The zero-order valence-electron chi connectivity index (χ0n) is 15.4. The van der Waals surface area contributed by atoms with Crippen molar-refractivity contribution < 1.29 is 40.9 Å². The van der Waals surface area contributed by atoms with Crippen molar-refractivity contribution in [2.75, 3.05) is 0 Å². The van der Waals surface area contributed by atoms with Gasteiger partial charge in [0.1, 0.15) is 0 Å². The first-order chi connectivity index (χ1) is 14.2. The highest BCUT2D eigenvalue weighted by Gasteiger charge is 1.94. The standard InChI is InChI=1S/2C6H6O2.C4H5NO2.C4H4O2S.2CH4/c2*7-5-3-1-2-4-6(5)8;6-3-1-5-2-4(3)7;5-3-1-7-2-4(3)6;;/h2*1-4,7-8H;1-2,5-7H;1-2,5-6H;2*1H4. The van der Waals surface area contributed by atoms with Crippen LogP contribution in [0.15, 0.2) is 71.7 Å². The number of hydrogen-bond acceptors (Lipinski definition) is 9. The van der Waals surface area contributed by atoms with Gasteiger partial charge in [0.25, 0.3) is 0 Å². The highest BCUT2D eigenvalue weighted by molar-refractivity contribution is 7.08. The van der Waals surface area contributed by atoms with Gasteiger partial charge in [0.05, 0.1) is 0 Å². The number of aromatic nitrogens is 1. The molecular formula is C22H29NO8S. The molecule has 2 heterocycles. The average Bonchev–Trinajstić information content (AvgIpc) is 3.29. The van der Waals surface area contributed by atoms with Gasteiger partial charge < -0.3 is 45.8 Å². The van der Waals surface area contributed by atoms with Crippen molar-refractivity contribution in [2.24, 2.45) is 0 Å². The Hall–Kier alpha value is -4.18. The molecule has 32 heavy (non-hydrogen) atoms. The van der Waals surface area contributed by atoms with Crippen LogP contribution < -0.4 is 0 Å². The van der Waals surface area contributed by atoms with Crippen LogP contribution in [0.5, 0.6) is 46.0 Å². The van der Waals surface area contributed by atoms with Gasteiger partial charge in [0.2, 0.25) is 0 Å². The third-order valence-corrected chi connectivity index (χ3v) is 3.81. The van der Waals surface area contributed by atoms with E-state index in [0.29, 0.717) is 0 Å². The van der Waals surface area contributed by atoms with E-state index in [9.17, 15) is 0 Å². The zero-order valence-corrected chi connectivity index (χ0v) is 16.2. The number of phenols is 4. The molecular weight excluding hydrogens is 438 g/mol. The Morgan fingerprint density at radius 2 is 0.719 bits per heavy atom. The monoisotopic (exact) mass is 467 g/mol. The third-order valence-electron chi connectivity index (χ3n) is 3.09. The summed E-state index contributed by atoms with van der Waals surface area (Å²) in [6.07, 6.45) is 2.60. The molecule has 0 spiro atoms. The van der Waals surface area contributed by atoms with Crippen molar-refractivity contribution in [3.05, 3.63) is 71.7 Å². The topological polar surface area (TPSA) is 178 Å².